The molecule has 1 aromatic heterocycles. The summed E-state index contributed by atoms with van der Waals surface area (Å²) in [6.45, 7) is 0.696. The fourth-order valence-electron chi connectivity index (χ4n) is 4.33. The maximum Gasteiger partial charge on any atom is 0.225 e. The van der Waals surface area contributed by atoms with Gasteiger partial charge < -0.3 is 20.6 Å². The van der Waals surface area contributed by atoms with Gasteiger partial charge in [-0.2, -0.15) is 4.98 Å². The van der Waals surface area contributed by atoms with E-state index in [0.717, 1.165) is 48.0 Å². The topological polar surface area (TPSA) is 90.4 Å². The Labute approximate surface area is 188 Å². The minimum atomic E-state index is -0.00312. The number of nitrogens with zero attached hydrogens (tertiary/aromatic N) is 3. The zero-order valence-corrected chi connectivity index (χ0v) is 18.7. The third-order valence-electron chi connectivity index (χ3n) is 6.05. The van der Waals surface area contributed by atoms with E-state index in [1.807, 2.05) is 43.3 Å². The second-order valence-electron chi connectivity index (χ2n) is 8.80. The Hall–Kier alpha value is -3.35. The first-order valence-corrected chi connectivity index (χ1v) is 11.2. The molecule has 3 aromatic rings. The molecule has 2 aromatic carbocycles. The van der Waals surface area contributed by atoms with Crippen LogP contribution in [0.3, 0.4) is 0 Å². The summed E-state index contributed by atoms with van der Waals surface area (Å²) >= 11 is 0. The van der Waals surface area contributed by atoms with Crippen molar-refractivity contribution < 1.29 is 9.90 Å². The molecule has 0 atom stereocenters. The number of phenols is 1. The lowest BCUT2D eigenvalue weighted by Gasteiger charge is -2.29. The van der Waals surface area contributed by atoms with Gasteiger partial charge in [0.15, 0.2) is 0 Å². The number of para-hydroxylation sites is 1. The number of phenolic OH excluding ortho intramolecular Hbond substituents is 1. The summed E-state index contributed by atoms with van der Waals surface area (Å²) in [6, 6.07) is 15.3. The average molecular weight is 434 g/mol. The first-order chi connectivity index (χ1) is 15.5. The van der Waals surface area contributed by atoms with Crippen LogP contribution in [0.15, 0.2) is 48.5 Å². The highest BCUT2D eigenvalue weighted by Crippen LogP contribution is 2.28. The van der Waals surface area contributed by atoms with Gasteiger partial charge in [0.2, 0.25) is 11.9 Å². The van der Waals surface area contributed by atoms with Gasteiger partial charge >= 0.3 is 0 Å². The van der Waals surface area contributed by atoms with Crippen molar-refractivity contribution in [2.45, 2.75) is 38.1 Å². The molecule has 7 nitrogen and oxygen atoms in total. The molecule has 7 heteroatoms. The van der Waals surface area contributed by atoms with Gasteiger partial charge in [-0.1, -0.05) is 24.3 Å². The number of anilines is 2. The van der Waals surface area contributed by atoms with E-state index in [0.29, 0.717) is 30.9 Å². The number of carbonyl (C=O) groups is 1. The Kier molecular flexibility index (Phi) is 6.73. The van der Waals surface area contributed by atoms with Gasteiger partial charge in [-0.15, -0.1) is 0 Å². The molecule has 1 aliphatic rings. The predicted octanol–water partition coefficient (Wildman–Crippen LogP) is 3.73. The van der Waals surface area contributed by atoms with E-state index < -0.39 is 0 Å². The number of aromatic hydroxyl groups is 1. The monoisotopic (exact) mass is 433 g/mol. The number of fused-ring (bicyclic) bond motifs is 1. The van der Waals surface area contributed by atoms with E-state index in [2.05, 4.69) is 16.7 Å². The van der Waals surface area contributed by atoms with Crippen molar-refractivity contribution in [1.29, 1.82) is 0 Å². The molecule has 32 heavy (non-hydrogen) atoms. The van der Waals surface area contributed by atoms with Gasteiger partial charge in [-0.05, 0) is 61.4 Å². The molecule has 1 fully saturated rings. The molecule has 1 aliphatic carbocycles. The Morgan fingerprint density at radius 2 is 1.84 bits per heavy atom. The Morgan fingerprint density at radius 1 is 1.06 bits per heavy atom. The number of aromatic nitrogens is 2. The van der Waals surface area contributed by atoms with Crippen molar-refractivity contribution in [2.24, 2.45) is 5.92 Å². The van der Waals surface area contributed by atoms with Crippen LogP contribution < -0.4 is 15.5 Å². The lowest BCUT2D eigenvalue weighted by Crippen LogP contribution is -2.34. The maximum atomic E-state index is 12.2. The van der Waals surface area contributed by atoms with Crippen LogP contribution in [-0.2, 0) is 11.2 Å². The van der Waals surface area contributed by atoms with Crippen LogP contribution >= 0.6 is 0 Å². The fourth-order valence-corrected chi connectivity index (χ4v) is 4.33. The molecule has 168 valence electrons. The third-order valence-corrected chi connectivity index (χ3v) is 6.05. The van der Waals surface area contributed by atoms with Gasteiger partial charge in [-0.3, -0.25) is 4.79 Å². The highest BCUT2D eigenvalue weighted by Gasteiger charge is 2.22. The second-order valence-corrected chi connectivity index (χ2v) is 8.80. The van der Waals surface area contributed by atoms with E-state index in [1.54, 1.807) is 18.2 Å². The van der Waals surface area contributed by atoms with Crippen molar-refractivity contribution >= 4 is 28.6 Å². The lowest BCUT2D eigenvalue weighted by molar-refractivity contribution is -0.120. The minimum absolute atomic E-state index is 0.00312. The number of amides is 1. The van der Waals surface area contributed by atoms with E-state index in [1.165, 1.54) is 0 Å². The van der Waals surface area contributed by atoms with Crippen LogP contribution in [-0.4, -0.2) is 47.7 Å². The first-order valence-electron chi connectivity index (χ1n) is 11.2. The van der Waals surface area contributed by atoms with Crippen LogP contribution in [0.25, 0.3) is 10.9 Å². The lowest BCUT2D eigenvalue weighted by atomic mass is 9.86. The summed E-state index contributed by atoms with van der Waals surface area (Å²) in [4.78, 5) is 23.7. The molecule has 0 aliphatic heterocycles. The normalized spacial score (nSPS) is 18.3. The number of hydrogen-bond donors (Lipinski definition) is 3. The van der Waals surface area contributed by atoms with Crippen LogP contribution in [0.1, 0.15) is 31.2 Å². The van der Waals surface area contributed by atoms with Gasteiger partial charge in [0.05, 0.1) is 11.9 Å². The van der Waals surface area contributed by atoms with Gasteiger partial charge in [0, 0.05) is 32.1 Å². The number of carbonyl (C=O) groups excluding carboxylic acids is 1. The van der Waals surface area contributed by atoms with Gasteiger partial charge in [0.1, 0.15) is 11.6 Å². The van der Waals surface area contributed by atoms with Crippen molar-refractivity contribution in [3.63, 3.8) is 0 Å². The number of nitrogens with one attached hydrogen (secondary N) is 2. The second kappa shape index (κ2) is 9.85. The zero-order chi connectivity index (χ0) is 22.5. The number of rotatable bonds is 7. The summed E-state index contributed by atoms with van der Waals surface area (Å²) < 4.78 is 0. The molecule has 0 unspecified atom stereocenters. The fraction of sp³-hybridized carbons (Fsp3) is 0.400. The summed E-state index contributed by atoms with van der Waals surface area (Å²) in [5.74, 6) is 2.26. The Morgan fingerprint density at radius 3 is 2.59 bits per heavy atom. The molecule has 3 N–H and O–H groups in total. The smallest absolute Gasteiger partial charge is 0.225 e. The van der Waals surface area contributed by atoms with E-state index in [9.17, 15) is 9.90 Å². The standard InChI is InChI=1S/C25H31N5O2/c1-30(2)24-21-8-3-4-9-22(21)28-25(29-24)27-19-12-10-17(11-13-19)16-26-23(32)15-18-6-5-7-20(31)14-18/h3-9,14,17,19,31H,10-13,15-16H2,1-2H3,(H,26,32)(H,27,28,29)/t17-,19+. The first kappa shape index (κ1) is 21.9. The van der Waals surface area contributed by atoms with Crippen LogP contribution in [0.4, 0.5) is 11.8 Å². The van der Waals surface area contributed by atoms with Gasteiger partial charge in [-0.25, -0.2) is 4.98 Å². The molecule has 4 rings (SSSR count). The molecular weight excluding hydrogens is 402 g/mol. The molecule has 0 spiro atoms. The van der Waals surface area contributed by atoms with Crippen LogP contribution in [0.2, 0.25) is 0 Å². The van der Waals surface area contributed by atoms with E-state index in [-0.39, 0.29) is 11.7 Å². The van der Waals surface area contributed by atoms with Gasteiger partial charge in [0.25, 0.3) is 0 Å². The summed E-state index contributed by atoms with van der Waals surface area (Å²) in [6.07, 6.45) is 4.45. The molecule has 1 amide bonds. The quantitative estimate of drug-likeness (QED) is 0.526. The Bertz CT molecular complexity index is 1080. The number of hydrogen-bond acceptors (Lipinski definition) is 6. The SMILES string of the molecule is CN(C)c1nc(N[C@H]2CC[C@@H](CNC(=O)Cc3cccc(O)c3)CC2)nc2ccccc12. The van der Waals surface area contributed by atoms with Crippen molar-refractivity contribution in [3.8, 4) is 5.75 Å². The Balaban J connectivity index is 1.27. The predicted molar refractivity (Wildman–Crippen MR) is 128 cm³/mol. The summed E-state index contributed by atoms with van der Waals surface area (Å²) in [7, 11) is 4.00. The van der Waals surface area contributed by atoms with E-state index >= 15 is 0 Å². The zero-order valence-electron chi connectivity index (χ0n) is 18.7. The summed E-state index contributed by atoms with van der Waals surface area (Å²) in [5.41, 5.74) is 1.76. The highest BCUT2D eigenvalue weighted by molar-refractivity contribution is 5.90. The molecule has 1 saturated carbocycles. The van der Waals surface area contributed by atoms with Crippen molar-refractivity contribution in [1.82, 2.24) is 15.3 Å². The third kappa shape index (κ3) is 5.46. The van der Waals surface area contributed by atoms with Crippen molar-refractivity contribution in [3.05, 3.63) is 54.1 Å². The average Bonchev–Trinajstić information content (AvgIpc) is 2.78. The summed E-state index contributed by atoms with van der Waals surface area (Å²) in [5, 5.41) is 17.2. The molecule has 0 bridgehead atoms. The maximum absolute atomic E-state index is 12.2. The van der Waals surface area contributed by atoms with Crippen LogP contribution in [0.5, 0.6) is 5.75 Å². The van der Waals surface area contributed by atoms with E-state index in [4.69, 9.17) is 9.97 Å². The molecule has 0 saturated heterocycles. The van der Waals surface area contributed by atoms with Crippen molar-refractivity contribution in [2.75, 3.05) is 30.9 Å². The molecule has 0 radical (unpaired) electrons. The molecular formula is C25H31N5O2. The largest absolute Gasteiger partial charge is 0.508 e. The number of benzene rings is 2. The molecule has 1 heterocycles. The highest BCUT2D eigenvalue weighted by atomic mass is 16.3. The van der Waals surface area contributed by atoms with Crippen LogP contribution in [0, 0.1) is 5.92 Å². The minimum Gasteiger partial charge on any atom is -0.508 e.